The number of hydrogen-bond donors (Lipinski definition) is 2. The minimum Gasteiger partial charge on any atom is -0.389 e. The normalized spacial score (nSPS) is 10.7. The molecule has 1 aromatic rings. The third-order valence-electron chi connectivity index (χ3n) is 2.65. The van der Waals surface area contributed by atoms with Gasteiger partial charge in [-0.2, -0.15) is 0 Å². The molecule has 3 N–H and O–H groups in total. The fourth-order valence-electron chi connectivity index (χ4n) is 1.51. The molecule has 1 aromatic carbocycles. The number of anilines is 1. The molecule has 0 heterocycles. The average Bonchev–Trinajstić information content (AvgIpc) is 2.32. The minimum absolute atomic E-state index is 0.0704. The highest BCUT2D eigenvalue weighted by Crippen LogP contribution is 2.14. The van der Waals surface area contributed by atoms with Crippen molar-refractivity contribution < 1.29 is 9.13 Å². The van der Waals surface area contributed by atoms with Gasteiger partial charge in [-0.25, -0.2) is 4.39 Å². The third-order valence-corrected chi connectivity index (χ3v) is 2.87. The van der Waals surface area contributed by atoms with Gasteiger partial charge in [0.1, 0.15) is 10.8 Å². The summed E-state index contributed by atoms with van der Waals surface area (Å²) in [5.41, 5.74) is 6.37. The molecule has 0 atom stereocenters. The van der Waals surface area contributed by atoms with E-state index >= 15 is 0 Å². The zero-order chi connectivity index (χ0) is 14.3. The Morgan fingerprint density at radius 2 is 2.16 bits per heavy atom. The Bertz CT molecular complexity index is 424. The Balaban J connectivity index is 2.30. The molecule has 0 saturated heterocycles. The second-order valence-electron chi connectivity index (χ2n) is 4.78. The van der Waals surface area contributed by atoms with Crippen molar-refractivity contribution in [2.45, 2.75) is 20.3 Å². The molecule has 106 valence electrons. The van der Waals surface area contributed by atoms with Crippen LogP contribution in [0.5, 0.6) is 0 Å². The van der Waals surface area contributed by atoms with Crippen LogP contribution in [0.1, 0.15) is 25.8 Å². The van der Waals surface area contributed by atoms with Crippen molar-refractivity contribution in [2.24, 2.45) is 11.7 Å². The summed E-state index contributed by atoms with van der Waals surface area (Å²) in [4.78, 5) is 0.0704. The zero-order valence-electron chi connectivity index (χ0n) is 11.4. The molecule has 0 unspecified atom stereocenters. The van der Waals surface area contributed by atoms with Crippen molar-refractivity contribution in [1.29, 1.82) is 0 Å². The van der Waals surface area contributed by atoms with Crippen molar-refractivity contribution in [3.63, 3.8) is 0 Å². The standard InChI is InChI=1S/C14H21FN2OS/c1-10(2)5-7-18-8-6-17-11-3-4-12(14(16)19)13(15)9-11/h3-4,9-10,17H,5-8H2,1-2H3,(H2,16,19). The molecule has 0 fully saturated rings. The molecule has 0 aliphatic heterocycles. The van der Waals surface area contributed by atoms with Gasteiger partial charge in [0, 0.05) is 24.4 Å². The van der Waals surface area contributed by atoms with E-state index in [1.54, 1.807) is 12.1 Å². The molecule has 1 rings (SSSR count). The van der Waals surface area contributed by atoms with E-state index in [0.29, 0.717) is 24.8 Å². The lowest BCUT2D eigenvalue weighted by Gasteiger charge is -2.09. The molecule has 0 bridgehead atoms. The number of hydrogen-bond acceptors (Lipinski definition) is 3. The quantitative estimate of drug-likeness (QED) is 0.569. The van der Waals surface area contributed by atoms with Gasteiger partial charge in [0.25, 0.3) is 0 Å². The van der Waals surface area contributed by atoms with E-state index in [9.17, 15) is 4.39 Å². The third kappa shape index (κ3) is 5.98. The number of rotatable bonds is 8. The minimum atomic E-state index is -0.404. The van der Waals surface area contributed by atoms with Crippen molar-refractivity contribution in [3.8, 4) is 0 Å². The summed E-state index contributed by atoms with van der Waals surface area (Å²) in [5, 5.41) is 3.09. The molecule has 0 radical (unpaired) electrons. The van der Waals surface area contributed by atoms with Crippen LogP contribution in [0, 0.1) is 11.7 Å². The van der Waals surface area contributed by atoms with E-state index in [1.807, 2.05) is 0 Å². The first-order valence-electron chi connectivity index (χ1n) is 6.41. The fraction of sp³-hybridized carbons (Fsp3) is 0.500. The van der Waals surface area contributed by atoms with Crippen LogP contribution in [0.2, 0.25) is 0 Å². The van der Waals surface area contributed by atoms with Crippen LogP contribution >= 0.6 is 12.2 Å². The highest BCUT2D eigenvalue weighted by Gasteiger charge is 2.05. The molecule has 0 aliphatic rings. The highest BCUT2D eigenvalue weighted by molar-refractivity contribution is 7.80. The van der Waals surface area contributed by atoms with Crippen molar-refractivity contribution in [3.05, 3.63) is 29.6 Å². The van der Waals surface area contributed by atoms with E-state index in [1.165, 1.54) is 6.07 Å². The molecule has 3 nitrogen and oxygen atoms in total. The molecule has 0 aromatic heterocycles. The summed E-state index contributed by atoms with van der Waals surface area (Å²) >= 11 is 4.75. The molecule has 0 spiro atoms. The van der Waals surface area contributed by atoms with Crippen molar-refractivity contribution >= 4 is 22.9 Å². The largest absolute Gasteiger partial charge is 0.389 e. The summed E-state index contributed by atoms with van der Waals surface area (Å²) in [7, 11) is 0. The van der Waals surface area contributed by atoms with E-state index in [0.717, 1.165) is 13.0 Å². The Morgan fingerprint density at radius 1 is 1.42 bits per heavy atom. The summed E-state index contributed by atoms with van der Waals surface area (Å²) in [6.45, 7) is 6.32. The molecular formula is C14H21FN2OS. The fourth-order valence-corrected chi connectivity index (χ4v) is 1.68. The number of thiocarbonyl (C=S) groups is 1. The van der Waals surface area contributed by atoms with Crippen LogP contribution in [-0.4, -0.2) is 24.7 Å². The van der Waals surface area contributed by atoms with Gasteiger partial charge < -0.3 is 15.8 Å². The van der Waals surface area contributed by atoms with Gasteiger partial charge >= 0.3 is 0 Å². The van der Waals surface area contributed by atoms with E-state index in [4.69, 9.17) is 22.7 Å². The van der Waals surface area contributed by atoms with Gasteiger partial charge in [0.05, 0.1) is 6.61 Å². The summed E-state index contributed by atoms with van der Waals surface area (Å²) < 4.78 is 19.0. The molecule has 0 aliphatic carbocycles. The van der Waals surface area contributed by atoms with Crippen LogP contribution in [-0.2, 0) is 4.74 Å². The van der Waals surface area contributed by atoms with Crippen molar-refractivity contribution in [1.82, 2.24) is 0 Å². The van der Waals surface area contributed by atoms with Crippen LogP contribution in [0.15, 0.2) is 18.2 Å². The Kier molecular flexibility index (Phi) is 6.73. The van der Waals surface area contributed by atoms with E-state index in [-0.39, 0.29) is 10.6 Å². The number of nitrogens with two attached hydrogens (primary N) is 1. The summed E-state index contributed by atoms with van der Waals surface area (Å²) in [6, 6.07) is 4.73. The first kappa shape index (κ1) is 15.9. The number of nitrogens with one attached hydrogen (secondary N) is 1. The second-order valence-corrected chi connectivity index (χ2v) is 5.22. The van der Waals surface area contributed by atoms with E-state index < -0.39 is 5.82 Å². The topological polar surface area (TPSA) is 47.3 Å². The average molecular weight is 284 g/mol. The van der Waals surface area contributed by atoms with Crippen LogP contribution < -0.4 is 11.1 Å². The lowest BCUT2D eigenvalue weighted by Crippen LogP contribution is -2.13. The monoisotopic (exact) mass is 284 g/mol. The van der Waals surface area contributed by atoms with Gasteiger partial charge in [-0.15, -0.1) is 0 Å². The SMILES string of the molecule is CC(C)CCOCCNc1ccc(C(N)=S)c(F)c1. The first-order valence-corrected chi connectivity index (χ1v) is 6.82. The molecule has 0 amide bonds. The maximum Gasteiger partial charge on any atom is 0.135 e. The van der Waals surface area contributed by atoms with E-state index in [2.05, 4.69) is 19.2 Å². The lowest BCUT2D eigenvalue weighted by molar-refractivity contribution is 0.132. The summed E-state index contributed by atoms with van der Waals surface area (Å²) in [5.74, 6) is 0.243. The highest BCUT2D eigenvalue weighted by atomic mass is 32.1. The second kappa shape index (κ2) is 8.07. The van der Waals surface area contributed by atoms with Gasteiger partial charge in [-0.05, 0) is 30.5 Å². The van der Waals surface area contributed by atoms with Crippen LogP contribution in [0.4, 0.5) is 10.1 Å². The zero-order valence-corrected chi connectivity index (χ0v) is 12.2. The smallest absolute Gasteiger partial charge is 0.135 e. The molecule has 5 heteroatoms. The van der Waals surface area contributed by atoms with Gasteiger partial charge in [0.2, 0.25) is 0 Å². The maximum absolute atomic E-state index is 13.6. The summed E-state index contributed by atoms with van der Waals surface area (Å²) in [6.07, 6.45) is 1.05. The predicted octanol–water partition coefficient (Wildman–Crippen LogP) is 2.93. The molecule has 0 saturated carbocycles. The van der Waals surface area contributed by atoms with Gasteiger partial charge in [0.15, 0.2) is 0 Å². The number of benzene rings is 1. The predicted molar refractivity (Wildman–Crippen MR) is 81.1 cm³/mol. The van der Waals surface area contributed by atoms with Gasteiger partial charge in [-0.1, -0.05) is 26.1 Å². The Morgan fingerprint density at radius 3 is 2.74 bits per heavy atom. The Hall–Kier alpha value is -1.20. The maximum atomic E-state index is 13.6. The Labute approximate surface area is 119 Å². The van der Waals surface area contributed by atoms with Crippen molar-refractivity contribution in [2.75, 3.05) is 25.1 Å². The van der Waals surface area contributed by atoms with Gasteiger partial charge in [-0.3, -0.25) is 0 Å². The first-order chi connectivity index (χ1) is 9.00. The molecule has 19 heavy (non-hydrogen) atoms. The van der Waals surface area contributed by atoms with Crippen LogP contribution in [0.25, 0.3) is 0 Å². The van der Waals surface area contributed by atoms with Crippen LogP contribution in [0.3, 0.4) is 0 Å². The number of halogens is 1. The number of ether oxygens (including phenoxy) is 1. The molecular weight excluding hydrogens is 263 g/mol. The lowest BCUT2D eigenvalue weighted by atomic mass is 10.1.